The molecule has 0 aromatic heterocycles. The molecule has 1 aromatic carbocycles. The highest BCUT2D eigenvalue weighted by Gasteiger charge is 2.29. The largest absolute Gasteiger partial charge is 0.370 e. The number of benzene rings is 1. The molecule has 2 rings (SSSR count). The highest BCUT2D eigenvalue weighted by molar-refractivity contribution is 7.88. The molecule has 0 atom stereocenters. The number of nitriles is 1. The third-order valence-electron chi connectivity index (χ3n) is 4.47. The lowest BCUT2D eigenvalue weighted by Crippen LogP contribution is -2.47. The Balaban J connectivity index is 2.19. The quantitative estimate of drug-likeness (QED) is 0.760. The van der Waals surface area contributed by atoms with Crippen LogP contribution in [-0.2, 0) is 10.0 Å². The van der Waals surface area contributed by atoms with Gasteiger partial charge < -0.3 is 4.90 Å². The van der Waals surface area contributed by atoms with E-state index in [4.69, 9.17) is 0 Å². The average Bonchev–Trinajstić information content (AvgIpc) is 2.54. The minimum atomic E-state index is -3.21. The zero-order valence-corrected chi connectivity index (χ0v) is 15.1. The van der Waals surface area contributed by atoms with Crippen molar-refractivity contribution in [2.24, 2.45) is 0 Å². The van der Waals surface area contributed by atoms with Crippen LogP contribution in [0.5, 0.6) is 0 Å². The third kappa shape index (κ3) is 3.94. The Kier molecular flexibility index (Phi) is 5.62. The van der Waals surface area contributed by atoms with Crippen molar-refractivity contribution in [1.82, 2.24) is 4.31 Å². The fourth-order valence-electron chi connectivity index (χ4n) is 3.27. The van der Waals surface area contributed by atoms with Crippen LogP contribution in [0.2, 0.25) is 0 Å². The lowest BCUT2D eigenvalue weighted by atomic mass is 10.0. The standard InChI is InChI=1S/C17H23N3O3S/c1-4-20(24(3,22)23)16-7-9-19(10-8-16)17-11-14(13(2)21)5-6-15(17)12-18/h5-6,11,16H,4,7-10H2,1-3H3. The Morgan fingerprint density at radius 3 is 2.46 bits per heavy atom. The topological polar surface area (TPSA) is 81.5 Å². The van der Waals surface area contributed by atoms with E-state index < -0.39 is 10.0 Å². The number of Topliss-reactive ketones (excluding diaryl/α,β-unsaturated/α-hetero) is 1. The van der Waals surface area contributed by atoms with Crippen molar-refractivity contribution in [3.8, 4) is 6.07 Å². The summed E-state index contributed by atoms with van der Waals surface area (Å²) < 4.78 is 25.3. The number of carbonyl (C=O) groups excluding carboxylic acids is 1. The maximum absolute atomic E-state index is 11.9. The minimum Gasteiger partial charge on any atom is -0.370 e. The molecule has 0 unspecified atom stereocenters. The highest BCUT2D eigenvalue weighted by atomic mass is 32.2. The lowest BCUT2D eigenvalue weighted by molar-refractivity contribution is 0.101. The molecule has 0 saturated carbocycles. The summed E-state index contributed by atoms with van der Waals surface area (Å²) in [5.74, 6) is -0.0372. The maximum atomic E-state index is 11.9. The van der Waals surface area contributed by atoms with Gasteiger partial charge in [0.1, 0.15) is 6.07 Å². The van der Waals surface area contributed by atoms with Crippen molar-refractivity contribution in [2.45, 2.75) is 32.7 Å². The van der Waals surface area contributed by atoms with Gasteiger partial charge >= 0.3 is 0 Å². The van der Waals surface area contributed by atoms with Crippen LogP contribution in [0.1, 0.15) is 42.6 Å². The molecule has 1 aromatic rings. The molecule has 130 valence electrons. The number of nitrogens with zero attached hydrogens (tertiary/aromatic N) is 3. The molecule has 0 spiro atoms. The van der Waals surface area contributed by atoms with E-state index >= 15 is 0 Å². The van der Waals surface area contributed by atoms with E-state index in [0.29, 0.717) is 43.6 Å². The summed E-state index contributed by atoms with van der Waals surface area (Å²) in [6.07, 6.45) is 2.65. The molecule has 0 N–H and O–H groups in total. The van der Waals surface area contributed by atoms with Crippen molar-refractivity contribution >= 4 is 21.5 Å². The van der Waals surface area contributed by atoms with Crippen LogP contribution in [0.15, 0.2) is 18.2 Å². The second kappa shape index (κ2) is 7.32. The lowest BCUT2D eigenvalue weighted by Gasteiger charge is -2.38. The number of carbonyl (C=O) groups is 1. The van der Waals surface area contributed by atoms with E-state index in [1.54, 1.807) is 22.5 Å². The summed E-state index contributed by atoms with van der Waals surface area (Å²) in [6.45, 7) is 5.13. The first kappa shape index (κ1) is 18.4. The summed E-state index contributed by atoms with van der Waals surface area (Å²) >= 11 is 0. The monoisotopic (exact) mass is 349 g/mol. The second-order valence-electron chi connectivity index (χ2n) is 6.08. The van der Waals surface area contributed by atoms with Crippen LogP contribution < -0.4 is 4.90 Å². The van der Waals surface area contributed by atoms with Crippen LogP contribution in [0.4, 0.5) is 5.69 Å². The van der Waals surface area contributed by atoms with Crippen molar-refractivity contribution in [3.05, 3.63) is 29.3 Å². The fourth-order valence-corrected chi connectivity index (χ4v) is 4.49. The Bertz CT molecular complexity index is 760. The average molecular weight is 349 g/mol. The van der Waals surface area contributed by atoms with Gasteiger partial charge in [-0.25, -0.2) is 8.42 Å². The smallest absolute Gasteiger partial charge is 0.211 e. The SMILES string of the molecule is CCN(C1CCN(c2cc(C(C)=O)ccc2C#N)CC1)S(C)(=O)=O. The molecular formula is C17H23N3O3S. The Morgan fingerprint density at radius 1 is 1.38 bits per heavy atom. The molecule has 0 radical (unpaired) electrons. The van der Waals surface area contributed by atoms with Gasteiger partial charge in [0.15, 0.2) is 5.78 Å². The number of piperidine rings is 1. The highest BCUT2D eigenvalue weighted by Crippen LogP contribution is 2.27. The summed E-state index contributed by atoms with van der Waals surface area (Å²) in [4.78, 5) is 13.7. The van der Waals surface area contributed by atoms with E-state index in [2.05, 4.69) is 11.0 Å². The Morgan fingerprint density at radius 2 is 2.00 bits per heavy atom. The van der Waals surface area contributed by atoms with Gasteiger partial charge in [-0.15, -0.1) is 0 Å². The van der Waals surface area contributed by atoms with Crippen LogP contribution in [0.3, 0.4) is 0 Å². The van der Waals surface area contributed by atoms with Crippen molar-refractivity contribution < 1.29 is 13.2 Å². The van der Waals surface area contributed by atoms with Gasteiger partial charge in [0.2, 0.25) is 10.0 Å². The molecule has 1 aliphatic heterocycles. The Labute approximate surface area is 143 Å². The van der Waals surface area contributed by atoms with Crippen LogP contribution >= 0.6 is 0 Å². The van der Waals surface area contributed by atoms with Crippen molar-refractivity contribution in [1.29, 1.82) is 5.26 Å². The Hall–Kier alpha value is -1.91. The minimum absolute atomic E-state index is 0.0113. The number of hydrogen-bond donors (Lipinski definition) is 0. The number of ketones is 1. The number of sulfonamides is 1. The van der Waals surface area contributed by atoms with Gasteiger partial charge in [-0.3, -0.25) is 4.79 Å². The molecular weight excluding hydrogens is 326 g/mol. The molecule has 0 bridgehead atoms. The summed E-state index contributed by atoms with van der Waals surface area (Å²) in [7, 11) is -3.21. The van der Waals surface area contributed by atoms with Gasteiger partial charge in [0, 0.05) is 31.2 Å². The molecule has 1 aliphatic rings. The molecule has 7 heteroatoms. The molecule has 6 nitrogen and oxygen atoms in total. The second-order valence-corrected chi connectivity index (χ2v) is 8.02. The molecule has 1 saturated heterocycles. The van der Waals surface area contributed by atoms with Gasteiger partial charge in [-0.2, -0.15) is 9.57 Å². The summed E-state index contributed by atoms with van der Waals surface area (Å²) in [6, 6.07) is 7.26. The zero-order chi connectivity index (χ0) is 17.9. The van der Waals surface area contributed by atoms with E-state index in [1.807, 2.05) is 6.92 Å². The van der Waals surface area contributed by atoms with Gasteiger partial charge in [0.05, 0.1) is 17.5 Å². The predicted octanol–water partition coefficient (Wildman–Crippen LogP) is 2.01. The number of rotatable bonds is 5. The normalized spacial score (nSPS) is 16.2. The summed E-state index contributed by atoms with van der Waals surface area (Å²) in [5.41, 5.74) is 1.87. The van der Waals surface area contributed by atoms with E-state index in [0.717, 1.165) is 5.69 Å². The number of hydrogen-bond acceptors (Lipinski definition) is 5. The third-order valence-corrected chi connectivity index (χ3v) is 5.88. The first-order valence-corrected chi connectivity index (χ1v) is 9.89. The van der Waals surface area contributed by atoms with Crippen LogP contribution in [0, 0.1) is 11.3 Å². The van der Waals surface area contributed by atoms with Crippen LogP contribution in [0.25, 0.3) is 0 Å². The van der Waals surface area contributed by atoms with Gasteiger partial charge in [-0.05, 0) is 38.0 Å². The molecule has 1 heterocycles. The van der Waals surface area contributed by atoms with E-state index in [-0.39, 0.29) is 11.8 Å². The van der Waals surface area contributed by atoms with Crippen LogP contribution in [-0.4, -0.2) is 50.4 Å². The molecule has 0 aliphatic carbocycles. The maximum Gasteiger partial charge on any atom is 0.211 e. The number of anilines is 1. The molecule has 24 heavy (non-hydrogen) atoms. The van der Waals surface area contributed by atoms with Crippen molar-refractivity contribution in [2.75, 3.05) is 30.8 Å². The van der Waals surface area contributed by atoms with Gasteiger partial charge in [-0.1, -0.05) is 6.92 Å². The van der Waals surface area contributed by atoms with Crippen molar-refractivity contribution in [3.63, 3.8) is 0 Å². The summed E-state index contributed by atoms with van der Waals surface area (Å²) in [5, 5.41) is 9.31. The molecule has 0 amide bonds. The first-order chi connectivity index (χ1) is 11.3. The first-order valence-electron chi connectivity index (χ1n) is 8.04. The fraction of sp³-hybridized carbons (Fsp3) is 0.529. The zero-order valence-electron chi connectivity index (χ0n) is 14.3. The predicted molar refractivity (Wildman–Crippen MR) is 93.6 cm³/mol. The molecule has 1 fully saturated rings. The van der Waals surface area contributed by atoms with Gasteiger partial charge in [0.25, 0.3) is 0 Å². The van der Waals surface area contributed by atoms with E-state index in [9.17, 15) is 18.5 Å². The van der Waals surface area contributed by atoms with E-state index in [1.165, 1.54) is 13.2 Å².